The van der Waals surface area contributed by atoms with Crippen LogP contribution in [0.5, 0.6) is 0 Å². The topological polar surface area (TPSA) is 96.9 Å². The maximum absolute atomic E-state index is 10.2. The van der Waals surface area contributed by atoms with Gasteiger partial charge in [0.15, 0.2) is 0 Å². The molecular formula is C11H7N3O2. The smallest absolute Gasteiger partial charge is 0.329 e. The van der Waals surface area contributed by atoms with E-state index >= 15 is 0 Å². The fourth-order valence-corrected chi connectivity index (χ4v) is 1.03. The highest BCUT2D eigenvalue weighted by Crippen LogP contribution is 2.14. The van der Waals surface area contributed by atoms with Crippen molar-refractivity contribution in [1.29, 1.82) is 10.5 Å². The van der Waals surface area contributed by atoms with Gasteiger partial charge in [0.25, 0.3) is 0 Å². The number of nitrogens with zero attached hydrogens (tertiary/aromatic N) is 2. The van der Waals surface area contributed by atoms with Gasteiger partial charge in [0, 0.05) is 18.0 Å². The summed E-state index contributed by atoms with van der Waals surface area (Å²) >= 11 is 0. The van der Waals surface area contributed by atoms with Crippen molar-refractivity contribution in [3.8, 4) is 12.1 Å². The van der Waals surface area contributed by atoms with Crippen LogP contribution in [-0.4, -0.2) is 11.1 Å². The molecule has 16 heavy (non-hydrogen) atoms. The Morgan fingerprint density at radius 2 is 2.00 bits per heavy atom. The van der Waals surface area contributed by atoms with E-state index in [1.54, 1.807) is 6.07 Å². The van der Waals surface area contributed by atoms with Crippen LogP contribution in [0, 0.1) is 22.7 Å². The number of benzene rings is 1. The molecule has 0 aliphatic heterocycles. The number of carboxylic acid groups (broad SMARTS) is 1. The molecule has 0 saturated heterocycles. The van der Waals surface area contributed by atoms with Gasteiger partial charge in [-0.15, -0.1) is 0 Å². The summed E-state index contributed by atoms with van der Waals surface area (Å²) in [6, 6.07) is 8.33. The highest BCUT2D eigenvalue weighted by Gasteiger charge is 2.01. The Labute approximate surface area is 91.9 Å². The third kappa shape index (κ3) is 2.86. The molecule has 1 aromatic carbocycles. The Morgan fingerprint density at radius 3 is 2.56 bits per heavy atom. The number of carbonyl (C=O) groups is 1. The van der Waals surface area contributed by atoms with Crippen molar-refractivity contribution in [2.75, 3.05) is 5.32 Å². The van der Waals surface area contributed by atoms with E-state index in [1.165, 1.54) is 18.3 Å². The molecule has 0 aliphatic rings. The van der Waals surface area contributed by atoms with Crippen molar-refractivity contribution in [1.82, 2.24) is 0 Å². The summed E-state index contributed by atoms with van der Waals surface area (Å²) < 4.78 is 0. The zero-order chi connectivity index (χ0) is 12.0. The van der Waals surface area contributed by atoms with Gasteiger partial charge in [0.2, 0.25) is 0 Å². The molecular weight excluding hydrogens is 206 g/mol. The lowest BCUT2D eigenvalue weighted by molar-refractivity contribution is -0.131. The number of anilines is 1. The third-order valence-corrected chi connectivity index (χ3v) is 1.74. The molecule has 0 saturated carbocycles. The number of rotatable bonds is 3. The van der Waals surface area contributed by atoms with Crippen molar-refractivity contribution in [3.05, 3.63) is 41.6 Å². The number of nitrogens with one attached hydrogen (secondary N) is 1. The zero-order valence-electron chi connectivity index (χ0n) is 8.14. The summed E-state index contributed by atoms with van der Waals surface area (Å²) in [5, 5.41) is 28.5. The van der Waals surface area contributed by atoms with Crippen LogP contribution in [0.2, 0.25) is 0 Å². The van der Waals surface area contributed by atoms with Crippen LogP contribution >= 0.6 is 0 Å². The predicted molar refractivity (Wildman–Crippen MR) is 56.3 cm³/mol. The van der Waals surface area contributed by atoms with Crippen LogP contribution in [0.4, 0.5) is 5.69 Å². The molecule has 0 aliphatic carbocycles. The fraction of sp³-hybridized carbons (Fsp3) is 0. The predicted octanol–water partition coefficient (Wildman–Crippen LogP) is 1.44. The van der Waals surface area contributed by atoms with Crippen LogP contribution in [0.3, 0.4) is 0 Å². The van der Waals surface area contributed by atoms with Crippen LogP contribution < -0.4 is 5.32 Å². The summed E-state index contributed by atoms with van der Waals surface area (Å²) in [5.74, 6) is -1.07. The van der Waals surface area contributed by atoms with E-state index in [-0.39, 0.29) is 11.1 Å². The Balaban J connectivity index is 2.90. The summed E-state index contributed by atoms with van der Waals surface area (Å²) in [5.41, 5.74) is 1.08. The van der Waals surface area contributed by atoms with E-state index in [2.05, 4.69) is 5.32 Å². The zero-order valence-corrected chi connectivity index (χ0v) is 8.14. The van der Waals surface area contributed by atoms with Gasteiger partial charge in [-0.25, -0.2) is 4.79 Å². The lowest BCUT2D eigenvalue weighted by atomic mass is 10.1. The number of hydrogen-bond donors (Lipinski definition) is 2. The molecule has 0 unspecified atom stereocenters. The molecule has 0 atom stereocenters. The molecule has 0 bridgehead atoms. The van der Waals surface area contributed by atoms with Gasteiger partial charge in [-0.3, -0.25) is 0 Å². The lowest BCUT2D eigenvalue weighted by Crippen LogP contribution is -1.93. The maximum Gasteiger partial charge on any atom is 0.329 e. The average molecular weight is 213 g/mol. The highest BCUT2D eigenvalue weighted by molar-refractivity contribution is 5.80. The molecule has 1 aromatic rings. The van der Waals surface area contributed by atoms with E-state index < -0.39 is 5.97 Å². The molecule has 5 heteroatoms. The molecule has 0 amide bonds. The summed E-state index contributed by atoms with van der Waals surface area (Å²) in [6.07, 6.45) is 2.18. The van der Waals surface area contributed by atoms with Crippen LogP contribution in [0.1, 0.15) is 11.1 Å². The molecule has 1 rings (SSSR count). The quantitative estimate of drug-likeness (QED) is 0.740. The van der Waals surface area contributed by atoms with E-state index in [0.717, 1.165) is 6.08 Å². The van der Waals surface area contributed by atoms with Crippen molar-refractivity contribution in [3.63, 3.8) is 0 Å². The van der Waals surface area contributed by atoms with Gasteiger partial charge in [-0.1, -0.05) is 0 Å². The monoisotopic (exact) mass is 213 g/mol. The van der Waals surface area contributed by atoms with Crippen LogP contribution in [-0.2, 0) is 4.79 Å². The Bertz CT molecular complexity index is 521. The average Bonchev–Trinajstić information content (AvgIpc) is 2.28. The van der Waals surface area contributed by atoms with E-state index in [1.807, 2.05) is 12.1 Å². The largest absolute Gasteiger partial charge is 0.478 e. The van der Waals surface area contributed by atoms with Crippen LogP contribution in [0.15, 0.2) is 30.5 Å². The SMILES string of the molecule is N#Cc1ccc(N/C=C/C(=O)O)cc1C#N. The first-order valence-corrected chi connectivity index (χ1v) is 4.27. The summed E-state index contributed by atoms with van der Waals surface area (Å²) in [4.78, 5) is 10.2. The Hall–Kier alpha value is -2.79. The fourth-order valence-electron chi connectivity index (χ4n) is 1.03. The molecule has 0 spiro atoms. The maximum atomic E-state index is 10.2. The Kier molecular flexibility index (Phi) is 3.65. The minimum atomic E-state index is -1.07. The molecule has 78 valence electrons. The minimum Gasteiger partial charge on any atom is -0.478 e. The van der Waals surface area contributed by atoms with Gasteiger partial charge < -0.3 is 10.4 Å². The van der Waals surface area contributed by atoms with Gasteiger partial charge >= 0.3 is 5.97 Å². The summed E-state index contributed by atoms with van der Waals surface area (Å²) in [6.45, 7) is 0. The minimum absolute atomic E-state index is 0.247. The van der Waals surface area contributed by atoms with E-state index in [0.29, 0.717) is 5.69 Å². The first-order chi connectivity index (χ1) is 7.67. The molecule has 0 aromatic heterocycles. The van der Waals surface area contributed by atoms with Gasteiger partial charge in [0.1, 0.15) is 12.1 Å². The lowest BCUT2D eigenvalue weighted by Gasteiger charge is -2.01. The van der Waals surface area contributed by atoms with Crippen molar-refractivity contribution < 1.29 is 9.90 Å². The molecule has 2 N–H and O–H groups in total. The molecule has 0 radical (unpaired) electrons. The van der Waals surface area contributed by atoms with Crippen LogP contribution in [0.25, 0.3) is 0 Å². The summed E-state index contributed by atoms with van der Waals surface area (Å²) in [7, 11) is 0. The second-order valence-corrected chi connectivity index (χ2v) is 2.80. The third-order valence-electron chi connectivity index (χ3n) is 1.74. The molecule has 5 nitrogen and oxygen atoms in total. The second kappa shape index (κ2) is 5.18. The number of aliphatic carboxylic acids is 1. The second-order valence-electron chi connectivity index (χ2n) is 2.80. The number of nitriles is 2. The van der Waals surface area contributed by atoms with Crippen molar-refractivity contribution in [2.45, 2.75) is 0 Å². The Morgan fingerprint density at radius 1 is 1.31 bits per heavy atom. The normalized spacial score (nSPS) is 9.38. The van der Waals surface area contributed by atoms with Gasteiger partial charge in [-0.05, 0) is 18.2 Å². The van der Waals surface area contributed by atoms with Gasteiger partial charge in [-0.2, -0.15) is 10.5 Å². The number of hydrogen-bond acceptors (Lipinski definition) is 4. The molecule has 0 fully saturated rings. The van der Waals surface area contributed by atoms with E-state index in [4.69, 9.17) is 15.6 Å². The highest BCUT2D eigenvalue weighted by atomic mass is 16.4. The van der Waals surface area contributed by atoms with Crippen molar-refractivity contribution >= 4 is 11.7 Å². The van der Waals surface area contributed by atoms with E-state index in [9.17, 15) is 4.79 Å². The standard InChI is InChI=1S/C11H7N3O2/c12-6-8-1-2-10(5-9(8)7-13)14-4-3-11(15)16/h1-5,14H,(H,15,16)/b4-3+. The molecule has 0 heterocycles. The van der Waals surface area contributed by atoms with Gasteiger partial charge in [0.05, 0.1) is 11.1 Å². The number of carboxylic acids is 1. The first-order valence-electron chi connectivity index (χ1n) is 4.27. The van der Waals surface area contributed by atoms with Crippen molar-refractivity contribution in [2.24, 2.45) is 0 Å². The first kappa shape index (κ1) is 11.3.